The van der Waals surface area contributed by atoms with Crippen molar-refractivity contribution >= 4 is 11.6 Å². The van der Waals surface area contributed by atoms with Crippen LogP contribution in [0.2, 0.25) is 0 Å². The Morgan fingerprint density at radius 1 is 1.18 bits per heavy atom. The predicted molar refractivity (Wildman–Crippen MR) is 115 cm³/mol. The Hall–Kier alpha value is -2.60. The van der Waals surface area contributed by atoms with Crippen molar-refractivity contribution in [3.05, 3.63) is 54.4 Å². The molecule has 152 valence electrons. The molecule has 0 aliphatic rings. The zero-order valence-corrected chi connectivity index (χ0v) is 17.3. The Labute approximate surface area is 168 Å². The van der Waals surface area contributed by atoms with E-state index in [1.165, 1.54) is 5.56 Å². The summed E-state index contributed by atoms with van der Waals surface area (Å²) in [5, 5.41) is 6.77. The van der Waals surface area contributed by atoms with Gasteiger partial charge in [-0.15, -0.1) is 0 Å². The van der Waals surface area contributed by atoms with Crippen LogP contribution in [0.15, 0.2) is 53.8 Å². The summed E-state index contributed by atoms with van der Waals surface area (Å²) in [4.78, 5) is 8.60. The number of hydrogen-bond donors (Lipinski definition) is 2. The first-order chi connectivity index (χ1) is 13.6. The molecule has 1 aromatic carbocycles. The summed E-state index contributed by atoms with van der Waals surface area (Å²) in [6.45, 7) is 6.55. The van der Waals surface area contributed by atoms with Crippen molar-refractivity contribution in [2.24, 2.45) is 10.9 Å². The first kappa shape index (κ1) is 21.7. The fourth-order valence-corrected chi connectivity index (χ4v) is 2.91. The number of hydrogen-bond acceptors (Lipinski definition) is 4. The molecule has 6 nitrogen and oxygen atoms in total. The number of guanidine groups is 1. The van der Waals surface area contributed by atoms with Crippen LogP contribution in [0.1, 0.15) is 31.7 Å². The van der Waals surface area contributed by atoms with Crippen LogP contribution in [0.4, 0.5) is 5.69 Å². The van der Waals surface area contributed by atoms with E-state index in [9.17, 15) is 0 Å². The highest BCUT2D eigenvalue weighted by molar-refractivity contribution is 5.93. The number of benzene rings is 1. The molecular formula is C22H32N4O2. The Balaban J connectivity index is 1.93. The van der Waals surface area contributed by atoms with Crippen LogP contribution in [-0.2, 0) is 4.74 Å². The molecule has 0 spiro atoms. The molecule has 0 amide bonds. The third-order valence-corrected chi connectivity index (χ3v) is 4.49. The fraction of sp³-hybridized carbons (Fsp3) is 0.455. The van der Waals surface area contributed by atoms with E-state index in [1.807, 2.05) is 36.5 Å². The van der Waals surface area contributed by atoms with Gasteiger partial charge < -0.3 is 20.1 Å². The number of ether oxygens (including phenoxy) is 2. The molecule has 2 N–H and O–H groups in total. The van der Waals surface area contributed by atoms with E-state index < -0.39 is 0 Å². The Morgan fingerprint density at radius 3 is 2.71 bits per heavy atom. The molecule has 2 aromatic rings. The maximum atomic E-state index is 5.76. The molecule has 2 rings (SSSR count). The summed E-state index contributed by atoms with van der Waals surface area (Å²) in [7, 11) is 3.47. The predicted octanol–water partition coefficient (Wildman–Crippen LogP) is 3.92. The van der Waals surface area contributed by atoms with Crippen LogP contribution in [0.3, 0.4) is 0 Å². The lowest BCUT2D eigenvalue weighted by Crippen LogP contribution is -2.35. The molecule has 1 aromatic heterocycles. The normalized spacial score (nSPS) is 12.7. The van der Waals surface area contributed by atoms with Crippen molar-refractivity contribution in [1.29, 1.82) is 0 Å². The first-order valence-electron chi connectivity index (χ1n) is 9.73. The van der Waals surface area contributed by atoms with Crippen molar-refractivity contribution in [2.45, 2.75) is 26.2 Å². The Kier molecular flexibility index (Phi) is 9.28. The van der Waals surface area contributed by atoms with Crippen LogP contribution < -0.4 is 15.4 Å². The van der Waals surface area contributed by atoms with Gasteiger partial charge in [-0.25, -0.2) is 0 Å². The van der Waals surface area contributed by atoms with Crippen LogP contribution in [0.25, 0.3) is 0 Å². The van der Waals surface area contributed by atoms with Gasteiger partial charge in [0.1, 0.15) is 5.75 Å². The number of nitrogens with one attached hydrogen (secondary N) is 2. The molecular weight excluding hydrogens is 352 g/mol. The first-order valence-corrected chi connectivity index (χ1v) is 9.73. The van der Waals surface area contributed by atoms with E-state index in [2.05, 4.69) is 40.5 Å². The van der Waals surface area contributed by atoms with Gasteiger partial charge in [-0.2, -0.15) is 0 Å². The van der Waals surface area contributed by atoms with Crippen LogP contribution in [0.5, 0.6) is 5.75 Å². The molecule has 28 heavy (non-hydrogen) atoms. The van der Waals surface area contributed by atoms with Crippen molar-refractivity contribution in [2.75, 3.05) is 39.2 Å². The largest absolute Gasteiger partial charge is 0.493 e. The van der Waals surface area contributed by atoms with E-state index in [0.717, 1.165) is 30.4 Å². The SMILES string of the molecule is CN=C(NCC(c1cccnc1)C(C)C)Nc1cccc(OCCCOC)c1. The summed E-state index contributed by atoms with van der Waals surface area (Å²) in [6, 6.07) is 12.0. The maximum Gasteiger partial charge on any atom is 0.195 e. The Morgan fingerprint density at radius 2 is 2.04 bits per heavy atom. The van der Waals surface area contributed by atoms with Crippen molar-refractivity contribution in [3.63, 3.8) is 0 Å². The second-order valence-corrected chi connectivity index (χ2v) is 6.94. The minimum atomic E-state index is 0.350. The van der Waals surface area contributed by atoms with E-state index in [-0.39, 0.29) is 0 Å². The molecule has 1 unspecified atom stereocenters. The van der Waals surface area contributed by atoms with Gasteiger partial charge in [0.25, 0.3) is 0 Å². The number of nitrogens with zero attached hydrogens (tertiary/aromatic N) is 2. The van der Waals surface area contributed by atoms with Gasteiger partial charge in [0.15, 0.2) is 5.96 Å². The lowest BCUT2D eigenvalue weighted by Gasteiger charge is -2.23. The number of pyridine rings is 1. The summed E-state index contributed by atoms with van der Waals surface area (Å²) in [6.07, 6.45) is 4.61. The summed E-state index contributed by atoms with van der Waals surface area (Å²) in [5.74, 6) is 2.39. The monoisotopic (exact) mass is 384 g/mol. The minimum Gasteiger partial charge on any atom is -0.493 e. The van der Waals surface area contributed by atoms with Gasteiger partial charge in [-0.05, 0) is 29.7 Å². The zero-order valence-electron chi connectivity index (χ0n) is 17.3. The Bertz CT molecular complexity index is 719. The summed E-state index contributed by atoms with van der Waals surface area (Å²) in [5.41, 5.74) is 2.16. The van der Waals surface area contributed by atoms with Gasteiger partial charge in [0.05, 0.1) is 6.61 Å². The molecule has 0 aliphatic carbocycles. The van der Waals surface area contributed by atoms with Crippen LogP contribution in [-0.4, -0.2) is 44.9 Å². The van der Waals surface area contributed by atoms with Crippen LogP contribution >= 0.6 is 0 Å². The van der Waals surface area contributed by atoms with E-state index in [1.54, 1.807) is 20.4 Å². The van der Waals surface area contributed by atoms with E-state index >= 15 is 0 Å². The third kappa shape index (κ3) is 7.19. The quantitative estimate of drug-likeness (QED) is 0.369. The smallest absolute Gasteiger partial charge is 0.195 e. The lowest BCUT2D eigenvalue weighted by atomic mass is 9.89. The van der Waals surface area contributed by atoms with Crippen molar-refractivity contribution < 1.29 is 9.47 Å². The number of aromatic nitrogens is 1. The molecule has 6 heteroatoms. The lowest BCUT2D eigenvalue weighted by molar-refractivity contribution is 0.172. The van der Waals surface area contributed by atoms with Crippen molar-refractivity contribution in [1.82, 2.24) is 10.3 Å². The molecule has 1 heterocycles. The molecule has 0 bridgehead atoms. The molecule has 0 saturated heterocycles. The molecule has 0 aliphatic heterocycles. The van der Waals surface area contributed by atoms with Crippen molar-refractivity contribution in [3.8, 4) is 5.75 Å². The van der Waals surface area contributed by atoms with Gasteiger partial charge in [-0.3, -0.25) is 9.98 Å². The molecule has 0 fully saturated rings. The zero-order chi connectivity index (χ0) is 20.2. The molecule has 1 atom stereocenters. The topological polar surface area (TPSA) is 67.8 Å². The standard InChI is InChI=1S/C22H32N4O2/c1-17(2)21(18-8-6-11-24-15-18)16-25-22(23-3)26-19-9-5-10-20(14-19)28-13-7-12-27-4/h5-6,8-11,14-15,17,21H,7,12-13,16H2,1-4H3,(H2,23,25,26). The fourth-order valence-electron chi connectivity index (χ4n) is 2.91. The second kappa shape index (κ2) is 12.0. The van der Waals surface area contributed by atoms with Crippen LogP contribution in [0, 0.1) is 5.92 Å². The number of aliphatic imine (C=N–C) groups is 1. The average molecular weight is 385 g/mol. The highest BCUT2D eigenvalue weighted by Crippen LogP contribution is 2.23. The number of rotatable bonds is 10. The maximum absolute atomic E-state index is 5.76. The average Bonchev–Trinajstić information content (AvgIpc) is 2.71. The summed E-state index contributed by atoms with van der Waals surface area (Å²) < 4.78 is 10.8. The van der Waals surface area contributed by atoms with Gasteiger partial charge in [0, 0.05) is 63.8 Å². The summed E-state index contributed by atoms with van der Waals surface area (Å²) >= 11 is 0. The molecule has 0 radical (unpaired) electrons. The van der Waals surface area contributed by atoms with Gasteiger partial charge in [0.2, 0.25) is 0 Å². The molecule has 0 saturated carbocycles. The number of methoxy groups -OCH3 is 1. The minimum absolute atomic E-state index is 0.350. The van der Waals surface area contributed by atoms with Gasteiger partial charge in [-0.1, -0.05) is 26.0 Å². The highest BCUT2D eigenvalue weighted by Gasteiger charge is 2.16. The highest BCUT2D eigenvalue weighted by atomic mass is 16.5. The van der Waals surface area contributed by atoms with E-state index in [4.69, 9.17) is 9.47 Å². The third-order valence-electron chi connectivity index (χ3n) is 4.49. The van der Waals surface area contributed by atoms with Gasteiger partial charge >= 0.3 is 0 Å². The number of anilines is 1. The van der Waals surface area contributed by atoms with E-state index in [0.29, 0.717) is 25.0 Å². The second-order valence-electron chi connectivity index (χ2n) is 6.94.